The lowest BCUT2D eigenvalue weighted by Crippen LogP contribution is -2.26. The average Bonchev–Trinajstić information content (AvgIpc) is 2.65. The molecule has 3 N–H and O–H groups in total. The smallest absolute Gasteiger partial charge is 0.221 e. The number of nitrogens with two attached hydrogens (primary N) is 1. The summed E-state index contributed by atoms with van der Waals surface area (Å²) in [5, 5.41) is 2.89. The molecule has 1 fully saturated rings. The molecule has 1 rings (SSSR count). The van der Waals surface area contributed by atoms with Crippen LogP contribution in [-0.4, -0.2) is 19.0 Å². The Kier molecular flexibility index (Phi) is 5.60. The van der Waals surface area contributed by atoms with Crippen LogP contribution in [0.15, 0.2) is 0 Å². The predicted octanol–water partition coefficient (Wildman–Crippen LogP) is 1.42. The molecule has 0 unspecified atom stereocenters. The zero-order valence-corrected chi connectivity index (χ0v) is 8.93. The van der Waals surface area contributed by atoms with E-state index in [0.717, 1.165) is 18.9 Å². The molecule has 0 heterocycles. The Bertz CT molecular complexity index is 165. The second-order valence-corrected chi connectivity index (χ2v) is 4.18. The van der Waals surface area contributed by atoms with Gasteiger partial charge in [0.2, 0.25) is 5.91 Å². The maximum absolute atomic E-state index is 11.0. The lowest BCUT2D eigenvalue weighted by molar-refractivity contribution is -0.120. The van der Waals surface area contributed by atoms with Crippen LogP contribution in [0.5, 0.6) is 0 Å². The third kappa shape index (κ3) is 4.61. The fourth-order valence-electron chi connectivity index (χ4n) is 2.14. The molecule has 0 aliphatic heterocycles. The summed E-state index contributed by atoms with van der Waals surface area (Å²) in [4.78, 5) is 11.0. The minimum absolute atomic E-state index is 0.0962. The zero-order valence-electron chi connectivity index (χ0n) is 8.93. The van der Waals surface area contributed by atoms with Crippen molar-refractivity contribution in [3.05, 3.63) is 0 Å². The molecule has 0 spiro atoms. The van der Waals surface area contributed by atoms with Gasteiger partial charge in [0.15, 0.2) is 0 Å². The molecule has 0 radical (unpaired) electrons. The van der Waals surface area contributed by atoms with E-state index >= 15 is 0 Å². The van der Waals surface area contributed by atoms with Gasteiger partial charge < -0.3 is 11.1 Å². The molecule has 0 saturated heterocycles. The molecular weight excluding hydrogens is 176 g/mol. The van der Waals surface area contributed by atoms with Gasteiger partial charge in [-0.3, -0.25) is 4.79 Å². The second-order valence-electron chi connectivity index (χ2n) is 4.18. The van der Waals surface area contributed by atoms with Gasteiger partial charge >= 0.3 is 0 Å². The molecule has 3 heteroatoms. The van der Waals surface area contributed by atoms with Crippen molar-refractivity contribution in [2.24, 2.45) is 11.7 Å². The van der Waals surface area contributed by atoms with Crippen LogP contribution in [0, 0.1) is 5.92 Å². The molecule has 82 valence electrons. The van der Waals surface area contributed by atoms with Crippen LogP contribution in [0.25, 0.3) is 0 Å². The number of hydrogen-bond donors (Lipinski definition) is 2. The lowest BCUT2D eigenvalue weighted by atomic mass is 10.0. The summed E-state index contributed by atoms with van der Waals surface area (Å²) in [6.07, 6.45) is 8.48. The van der Waals surface area contributed by atoms with Crippen molar-refractivity contribution >= 4 is 5.91 Å². The van der Waals surface area contributed by atoms with Crippen LogP contribution in [-0.2, 0) is 4.79 Å². The van der Waals surface area contributed by atoms with Crippen LogP contribution in [0.1, 0.15) is 44.9 Å². The standard InChI is InChI=1S/C11H22N2O/c12-8-7-11(14)13-9-3-6-10-4-1-2-5-10/h10H,1-9,12H2,(H,13,14). The average molecular weight is 198 g/mol. The summed E-state index contributed by atoms with van der Waals surface area (Å²) in [5.74, 6) is 1.03. The van der Waals surface area contributed by atoms with E-state index in [4.69, 9.17) is 5.73 Å². The number of carbonyl (C=O) groups is 1. The maximum Gasteiger partial charge on any atom is 0.221 e. The van der Waals surface area contributed by atoms with E-state index in [1.807, 2.05) is 0 Å². The first-order chi connectivity index (χ1) is 6.83. The second kappa shape index (κ2) is 6.82. The summed E-state index contributed by atoms with van der Waals surface area (Å²) < 4.78 is 0. The molecule has 3 nitrogen and oxygen atoms in total. The Balaban J connectivity index is 1.90. The molecule has 0 atom stereocenters. The molecule has 0 aromatic heterocycles. The van der Waals surface area contributed by atoms with Crippen molar-refractivity contribution < 1.29 is 4.79 Å². The van der Waals surface area contributed by atoms with Crippen molar-refractivity contribution in [1.29, 1.82) is 0 Å². The first-order valence-electron chi connectivity index (χ1n) is 5.79. The van der Waals surface area contributed by atoms with Gasteiger partial charge in [0.05, 0.1) is 0 Å². The summed E-state index contributed by atoms with van der Waals surface area (Å²) in [6, 6.07) is 0. The molecule has 0 bridgehead atoms. The van der Waals surface area contributed by atoms with Crippen LogP contribution >= 0.6 is 0 Å². The Morgan fingerprint density at radius 3 is 2.71 bits per heavy atom. The fraction of sp³-hybridized carbons (Fsp3) is 0.909. The van der Waals surface area contributed by atoms with Gasteiger partial charge in [-0.05, 0) is 18.8 Å². The van der Waals surface area contributed by atoms with Gasteiger partial charge in [0.1, 0.15) is 0 Å². The highest BCUT2D eigenvalue weighted by atomic mass is 16.1. The van der Waals surface area contributed by atoms with E-state index in [0.29, 0.717) is 13.0 Å². The van der Waals surface area contributed by atoms with Crippen molar-refractivity contribution in [2.45, 2.75) is 44.9 Å². The Labute approximate surface area is 86.4 Å². The minimum Gasteiger partial charge on any atom is -0.356 e. The number of amides is 1. The molecule has 1 saturated carbocycles. The number of hydrogen-bond acceptors (Lipinski definition) is 2. The predicted molar refractivity (Wildman–Crippen MR) is 57.9 cm³/mol. The molecule has 0 aromatic carbocycles. The summed E-state index contributed by atoms with van der Waals surface area (Å²) in [5.41, 5.74) is 5.27. The quantitative estimate of drug-likeness (QED) is 0.634. The van der Waals surface area contributed by atoms with E-state index < -0.39 is 0 Å². The summed E-state index contributed by atoms with van der Waals surface area (Å²) in [6.45, 7) is 1.28. The lowest BCUT2D eigenvalue weighted by Gasteiger charge is -2.08. The zero-order chi connectivity index (χ0) is 10.2. The molecule has 1 aliphatic rings. The number of carbonyl (C=O) groups excluding carboxylic acids is 1. The van der Waals surface area contributed by atoms with Gasteiger partial charge in [0.25, 0.3) is 0 Å². The van der Waals surface area contributed by atoms with Crippen LogP contribution in [0.3, 0.4) is 0 Å². The summed E-state index contributed by atoms with van der Waals surface area (Å²) in [7, 11) is 0. The SMILES string of the molecule is NCCC(=O)NCCCC1CCCC1. The van der Waals surface area contributed by atoms with E-state index in [-0.39, 0.29) is 5.91 Å². The van der Waals surface area contributed by atoms with Crippen molar-refractivity contribution in [2.75, 3.05) is 13.1 Å². The molecule has 1 amide bonds. The van der Waals surface area contributed by atoms with Gasteiger partial charge in [-0.25, -0.2) is 0 Å². The maximum atomic E-state index is 11.0. The number of nitrogens with one attached hydrogen (secondary N) is 1. The van der Waals surface area contributed by atoms with Crippen LogP contribution in [0.4, 0.5) is 0 Å². The van der Waals surface area contributed by atoms with Crippen molar-refractivity contribution in [1.82, 2.24) is 5.32 Å². The van der Waals surface area contributed by atoms with Crippen LogP contribution < -0.4 is 11.1 Å². The Morgan fingerprint density at radius 2 is 2.07 bits per heavy atom. The Morgan fingerprint density at radius 1 is 1.36 bits per heavy atom. The summed E-state index contributed by atoms with van der Waals surface area (Å²) >= 11 is 0. The van der Waals surface area contributed by atoms with Gasteiger partial charge in [-0.15, -0.1) is 0 Å². The van der Waals surface area contributed by atoms with Crippen molar-refractivity contribution in [3.63, 3.8) is 0 Å². The minimum atomic E-state index is 0.0962. The topological polar surface area (TPSA) is 55.1 Å². The largest absolute Gasteiger partial charge is 0.356 e. The van der Waals surface area contributed by atoms with Crippen molar-refractivity contribution in [3.8, 4) is 0 Å². The number of rotatable bonds is 6. The van der Waals surface area contributed by atoms with E-state index in [1.165, 1.54) is 32.1 Å². The molecule has 0 aromatic rings. The monoisotopic (exact) mass is 198 g/mol. The van der Waals surface area contributed by atoms with Crippen LogP contribution in [0.2, 0.25) is 0 Å². The highest BCUT2D eigenvalue weighted by Crippen LogP contribution is 2.28. The van der Waals surface area contributed by atoms with Gasteiger partial charge in [-0.2, -0.15) is 0 Å². The molecule has 14 heavy (non-hydrogen) atoms. The molecule has 1 aliphatic carbocycles. The van der Waals surface area contributed by atoms with Gasteiger partial charge in [-0.1, -0.05) is 25.7 Å². The fourth-order valence-corrected chi connectivity index (χ4v) is 2.14. The highest BCUT2D eigenvalue weighted by molar-refractivity contribution is 5.75. The third-order valence-electron chi connectivity index (χ3n) is 2.96. The first kappa shape index (κ1) is 11.5. The highest BCUT2D eigenvalue weighted by Gasteiger charge is 2.13. The first-order valence-corrected chi connectivity index (χ1v) is 5.79. The van der Waals surface area contributed by atoms with E-state index in [2.05, 4.69) is 5.32 Å². The normalized spacial score (nSPS) is 17.2. The van der Waals surface area contributed by atoms with E-state index in [9.17, 15) is 4.79 Å². The third-order valence-corrected chi connectivity index (χ3v) is 2.96. The van der Waals surface area contributed by atoms with E-state index in [1.54, 1.807) is 0 Å². The van der Waals surface area contributed by atoms with Gasteiger partial charge in [0, 0.05) is 19.5 Å². The Hall–Kier alpha value is -0.570. The molecular formula is C11H22N2O.